The van der Waals surface area contributed by atoms with E-state index >= 15 is 0 Å². The lowest BCUT2D eigenvalue weighted by atomic mass is 9.89. The molecule has 0 saturated heterocycles. The van der Waals surface area contributed by atoms with Crippen molar-refractivity contribution in [1.29, 1.82) is 0 Å². The van der Waals surface area contributed by atoms with Crippen LogP contribution in [0, 0.1) is 5.82 Å². The van der Waals surface area contributed by atoms with E-state index in [9.17, 15) is 14.3 Å². The van der Waals surface area contributed by atoms with Crippen molar-refractivity contribution in [2.45, 2.75) is 26.4 Å². The third-order valence-electron chi connectivity index (χ3n) is 4.96. The minimum atomic E-state index is -0.378. The maximum Gasteiger partial charge on any atom is 0.196 e. The van der Waals surface area contributed by atoms with Crippen molar-refractivity contribution in [3.05, 3.63) is 74.6 Å². The number of aliphatic hydroxyl groups is 1. The van der Waals surface area contributed by atoms with Gasteiger partial charge in [-0.3, -0.25) is 9.78 Å². The molecular weight excluding hydrogens is 400 g/mol. The quantitative estimate of drug-likeness (QED) is 0.444. The first kappa shape index (κ1) is 19.1. The number of carbonyl (C=O) groups excluding carboxylic acids is 1. The summed E-state index contributed by atoms with van der Waals surface area (Å²) in [5, 5.41) is 10.7. The molecule has 1 N–H and O–H groups in total. The predicted molar refractivity (Wildman–Crippen MR) is 109 cm³/mol. The number of hydrogen-bond donors (Lipinski definition) is 1. The minimum Gasteiger partial charge on any atom is -0.392 e. The van der Waals surface area contributed by atoms with Crippen LogP contribution in [-0.4, -0.2) is 15.9 Å². The van der Waals surface area contributed by atoms with Gasteiger partial charge in [0.25, 0.3) is 0 Å². The van der Waals surface area contributed by atoms with E-state index in [1.54, 1.807) is 24.3 Å². The molecule has 4 rings (SSSR count). The van der Waals surface area contributed by atoms with E-state index in [0.717, 1.165) is 0 Å². The SMILES string of the molecule is CC(C)c1nc2c(c(-c3ccc(F)cc3)c1CO)C(=O)c1cc(Cl)c(Cl)cc1-2. The molecule has 3 nitrogen and oxygen atoms in total. The third-order valence-corrected chi connectivity index (χ3v) is 5.68. The summed E-state index contributed by atoms with van der Waals surface area (Å²) < 4.78 is 13.5. The molecule has 1 aromatic heterocycles. The van der Waals surface area contributed by atoms with E-state index in [2.05, 4.69) is 0 Å². The monoisotopic (exact) mass is 415 g/mol. The maximum absolute atomic E-state index is 13.5. The summed E-state index contributed by atoms with van der Waals surface area (Å²) in [5.74, 6) is -0.605. The van der Waals surface area contributed by atoms with Gasteiger partial charge in [-0.2, -0.15) is 0 Å². The molecule has 28 heavy (non-hydrogen) atoms. The second-order valence-electron chi connectivity index (χ2n) is 7.03. The van der Waals surface area contributed by atoms with Crippen LogP contribution in [0.25, 0.3) is 22.4 Å². The van der Waals surface area contributed by atoms with E-state index in [4.69, 9.17) is 28.2 Å². The number of hydrogen-bond acceptors (Lipinski definition) is 3. The van der Waals surface area contributed by atoms with Crippen LogP contribution < -0.4 is 0 Å². The average molecular weight is 416 g/mol. The molecule has 6 heteroatoms. The third kappa shape index (κ3) is 2.84. The Kier molecular flexibility index (Phi) is 4.74. The number of carbonyl (C=O) groups is 1. The van der Waals surface area contributed by atoms with Crippen molar-refractivity contribution in [2.24, 2.45) is 0 Å². The van der Waals surface area contributed by atoms with Gasteiger partial charge in [-0.05, 0) is 35.7 Å². The number of aromatic nitrogens is 1. The van der Waals surface area contributed by atoms with Gasteiger partial charge >= 0.3 is 0 Å². The summed E-state index contributed by atoms with van der Waals surface area (Å²) >= 11 is 12.3. The minimum absolute atomic E-state index is 0.00794. The van der Waals surface area contributed by atoms with Gasteiger partial charge in [-0.1, -0.05) is 49.2 Å². The number of nitrogens with zero attached hydrogens (tertiary/aromatic N) is 1. The lowest BCUT2D eigenvalue weighted by Crippen LogP contribution is -2.09. The summed E-state index contributed by atoms with van der Waals surface area (Å²) in [6, 6.07) is 9.06. The highest BCUT2D eigenvalue weighted by Gasteiger charge is 2.35. The van der Waals surface area contributed by atoms with E-state index < -0.39 is 0 Å². The van der Waals surface area contributed by atoms with Crippen molar-refractivity contribution in [1.82, 2.24) is 4.98 Å². The van der Waals surface area contributed by atoms with E-state index in [1.807, 2.05) is 13.8 Å². The Morgan fingerprint density at radius 1 is 1.04 bits per heavy atom. The fourth-order valence-corrected chi connectivity index (χ4v) is 4.02. The second kappa shape index (κ2) is 6.96. The van der Waals surface area contributed by atoms with Gasteiger partial charge in [0.2, 0.25) is 0 Å². The molecule has 0 fully saturated rings. The van der Waals surface area contributed by atoms with Gasteiger partial charge in [-0.15, -0.1) is 0 Å². The zero-order valence-electron chi connectivity index (χ0n) is 15.2. The van der Waals surface area contributed by atoms with Crippen LogP contribution in [0.2, 0.25) is 10.0 Å². The predicted octanol–water partition coefficient (Wildman–Crippen LogP) is 6.02. The fraction of sp³-hybridized carbons (Fsp3) is 0.182. The number of aliphatic hydroxyl groups excluding tert-OH is 1. The van der Waals surface area contributed by atoms with Gasteiger partial charge in [0.15, 0.2) is 5.78 Å². The fourth-order valence-electron chi connectivity index (χ4n) is 3.70. The molecule has 2 aromatic carbocycles. The lowest BCUT2D eigenvalue weighted by molar-refractivity contribution is 0.104. The second-order valence-corrected chi connectivity index (χ2v) is 7.85. The lowest BCUT2D eigenvalue weighted by Gasteiger charge is -2.19. The molecule has 1 heterocycles. The van der Waals surface area contributed by atoms with Crippen LogP contribution in [0.15, 0.2) is 36.4 Å². The first-order valence-corrected chi connectivity index (χ1v) is 9.56. The summed E-state index contributed by atoms with van der Waals surface area (Å²) in [5.41, 5.74) is 4.40. The van der Waals surface area contributed by atoms with Gasteiger partial charge in [-0.25, -0.2) is 4.39 Å². The van der Waals surface area contributed by atoms with Gasteiger partial charge in [0.1, 0.15) is 5.82 Å². The summed E-state index contributed by atoms with van der Waals surface area (Å²) in [7, 11) is 0. The van der Waals surface area contributed by atoms with Crippen LogP contribution in [-0.2, 0) is 6.61 Å². The van der Waals surface area contributed by atoms with Crippen LogP contribution in [0.5, 0.6) is 0 Å². The van der Waals surface area contributed by atoms with E-state index in [0.29, 0.717) is 49.8 Å². The van der Waals surface area contributed by atoms with Crippen LogP contribution in [0.4, 0.5) is 4.39 Å². The Hall–Kier alpha value is -2.27. The van der Waals surface area contributed by atoms with E-state index in [1.165, 1.54) is 12.1 Å². The summed E-state index contributed by atoms with van der Waals surface area (Å²) in [6.45, 7) is 3.65. The number of halogens is 3. The zero-order chi connectivity index (χ0) is 20.2. The van der Waals surface area contributed by atoms with E-state index in [-0.39, 0.29) is 29.1 Å². The van der Waals surface area contributed by atoms with Gasteiger partial charge in [0, 0.05) is 27.9 Å². The number of ketones is 1. The Balaban J connectivity index is 2.12. The molecule has 142 valence electrons. The summed E-state index contributed by atoms with van der Waals surface area (Å²) in [4.78, 5) is 18.0. The first-order valence-electron chi connectivity index (χ1n) is 8.81. The van der Waals surface area contributed by atoms with Crippen molar-refractivity contribution in [3.63, 3.8) is 0 Å². The van der Waals surface area contributed by atoms with Crippen LogP contribution in [0.3, 0.4) is 0 Å². The highest BCUT2D eigenvalue weighted by molar-refractivity contribution is 6.43. The molecule has 3 aromatic rings. The summed E-state index contributed by atoms with van der Waals surface area (Å²) in [6.07, 6.45) is 0. The molecule has 0 aliphatic heterocycles. The van der Waals surface area contributed by atoms with Crippen molar-refractivity contribution >= 4 is 29.0 Å². The van der Waals surface area contributed by atoms with Crippen LogP contribution >= 0.6 is 23.2 Å². The molecule has 0 amide bonds. The maximum atomic E-state index is 13.5. The molecule has 0 spiro atoms. The molecule has 0 saturated carbocycles. The van der Waals surface area contributed by atoms with Crippen molar-refractivity contribution in [3.8, 4) is 22.4 Å². The molecular formula is C22H16Cl2FNO2. The molecule has 1 aliphatic rings. The topological polar surface area (TPSA) is 50.2 Å². The van der Waals surface area contributed by atoms with Crippen molar-refractivity contribution < 1.29 is 14.3 Å². The highest BCUT2D eigenvalue weighted by atomic mass is 35.5. The zero-order valence-corrected chi connectivity index (χ0v) is 16.7. The number of fused-ring (bicyclic) bond motifs is 3. The molecule has 0 unspecified atom stereocenters. The highest BCUT2D eigenvalue weighted by Crippen LogP contribution is 2.46. The number of benzene rings is 2. The first-order chi connectivity index (χ1) is 13.3. The van der Waals surface area contributed by atoms with Gasteiger partial charge < -0.3 is 5.11 Å². The number of pyridine rings is 1. The smallest absolute Gasteiger partial charge is 0.196 e. The van der Waals surface area contributed by atoms with Crippen LogP contribution in [0.1, 0.15) is 46.9 Å². The molecule has 0 atom stereocenters. The Bertz CT molecular complexity index is 1120. The Labute approximate surface area is 171 Å². The Morgan fingerprint density at radius 2 is 1.64 bits per heavy atom. The molecule has 0 bridgehead atoms. The number of rotatable bonds is 3. The average Bonchev–Trinajstić information content (AvgIpc) is 2.93. The normalized spacial score (nSPS) is 12.5. The Morgan fingerprint density at radius 3 is 2.21 bits per heavy atom. The van der Waals surface area contributed by atoms with Gasteiger partial charge in [0.05, 0.1) is 27.9 Å². The largest absolute Gasteiger partial charge is 0.392 e. The molecule has 1 aliphatic carbocycles. The standard InChI is InChI=1S/C22H16Cl2FNO2/c1-10(2)20-15(9-27)18(11-3-5-12(25)6-4-11)19-21(26-20)13-7-16(23)17(24)8-14(13)22(19)28/h3-8,10,27H,9H2,1-2H3. The van der Waals surface area contributed by atoms with Crippen molar-refractivity contribution in [2.75, 3.05) is 0 Å². The molecule has 0 radical (unpaired) electrons.